The summed E-state index contributed by atoms with van der Waals surface area (Å²) in [5, 5.41) is 6.02. The minimum absolute atomic E-state index is 0.0608. The van der Waals surface area contributed by atoms with Gasteiger partial charge < -0.3 is 9.47 Å². The molecular weight excluding hydrogens is 454 g/mol. The van der Waals surface area contributed by atoms with Gasteiger partial charge in [-0.05, 0) is 70.4 Å². The first-order valence-corrected chi connectivity index (χ1v) is 12.5. The molecule has 184 valence electrons. The average Bonchev–Trinajstić information content (AvgIpc) is 2.71. The number of nitrogens with zero attached hydrogens (tertiary/aromatic N) is 2. The van der Waals surface area contributed by atoms with E-state index >= 15 is 0 Å². The maximum Gasteiger partial charge on any atom is 0.433 e. The SMILES string of the molecule is CC(C)CC(C)(/C=N/C(=O)OC(C)(C)C)C(=O)N=S(N)(=O)c1cccc(Oc2ccccc2)c1. The number of aliphatic imine (C=N–C) groups is 1. The molecule has 0 bridgehead atoms. The molecule has 2 amide bonds. The lowest BCUT2D eigenvalue weighted by atomic mass is 9.82. The van der Waals surface area contributed by atoms with Gasteiger partial charge in [-0.3, -0.25) is 4.79 Å². The lowest BCUT2D eigenvalue weighted by Crippen LogP contribution is -2.32. The molecule has 2 unspecified atom stereocenters. The van der Waals surface area contributed by atoms with Crippen molar-refractivity contribution in [3.05, 3.63) is 54.6 Å². The summed E-state index contributed by atoms with van der Waals surface area (Å²) < 4.78 is 28.1. The average molecular weight is 488 g/mol. The van der Waals surface area contributed by atoms with Gasteiger partial charge in [0.1, 0.15) is 27.0 Å². The van der Waals surface area contributed by atoms with Gasteiger partial charge in [0.15, 0.2) is 0 Å². The van der Waals surface area contributed by atoms with Crippen LogP contribution in [-0.2, 0) is 19.4 Å². The van der Waals surface area contributed by atoms with Crippen molar-refractivity contribution >= 4 is 28.1 Å². The molecule has 0 aliphatic carbocycles. The van der Waals surface area contributed by atoms with Crippen LogP contribution in [0, 0.1) is 11.3 Å². The van der Waals surface area contributed by atoms with Gasteiger partial charge in [0.25, 0.3) is 5.91 Å². The highest BCUT2D eigenvalue weighted by molar-refractivity contribution is 7.91. The number of carbonyl (C=O) groups excluding carboxylic acids is 2. The number of rotatable bonds is 7. The summed E-state index contributed by atoms with van der Waals surface area (Å²) in [6.07, 6.45) is 0.695. The molecule has 8 nitrogen and oxygen atoms in total. The monoisotopic (exact) mass is 487 g/mol. The van der Waals surface area contributed by atoms with Crippen LogP contribution in [0.1, 0.15) is 48.0 Å². The summed E-state index contributed by atoms with van der Waals surface area (Å²) in [7, 11) is -3.59. The van der Waals surface area contributed by atoms with E-state index in [4.69, 9.17) is 14.6 Å². The highest BCUT2D eigenvalue weighted by Gasteiger charge is 2.34. The summed E-state index contributed by atoms with van der Waals surface area (Å²) >= 11 is 0. The van der Waals surface area contributed by atoms with Crippen LogP contribution in [0.25, 0.3) is 0 Å². The molecule has 0 saturated carbocycles. The van der Waals surface area contributed by atoms with Crippen LogP contribution in [-0.4, -0.2) is 28.0 Å². The lowest BCUT2D eigenvalue weighted by molar-refractivity contribution is -0.123. The molecule has 0 aliphatic heterocycles. The Morgan fingerprint density at radius 1 is 1.03 bits per heavy atom. The molecule has 34 heavy (non-hydrogen) atoms. The first kappa shape index (κ1) is 27.2. The van der Waals surface area contributed by atoms with Crippen molar-refractivity contribution in [2.45, 2.75) is 58.5 Å². The lowest BCUT2D eigenvalue weighted by Gasteiger charge is -2.24. The van der Waals surface area contributed by atoms with E-state index in [0.717, 1.165) is 0 Å². The van der Waals surface area contributed by atoms with Crippen molar-refractivity contribution in [1.82, 2.24) is 0 Å². The van der Waals surface area contributed by atoms with Gasteiger partial charge in [0.05, 0.1) is 10.3 Å². The molecule has 0 fully saturated rings. The second-order valence-electron chi connectivity index (χ2n) is 9.61. The first-order chi connectivity index (χ1) is 15.7. The summed E-state index contributed by atoms with van der Waals surface area (Å²) in [6, 6.07) is 15.4. The van der Waals surface area contributed by atoms with Crippen LogP contribution in [0.5, 0.6) is 11.5 Å². The molecule has 2 aromatic carbocycles. The molecular formula is C25H33N3O5S. The first-order valence-electron chi connectivity index (χ1n) is 10.9. The molecule has 9 heteroatoms. The van der Waals surface area contributed by atoms with Crippen LogP contribution in [0.3, 0.4) is 0 Å². The Balaban J connectivity index is 2.35. The Hall–Kier alpha value is -3.04. The predicted molar refractivity (Wildman–Crippen MR) is 133 cm³/mol. The zero-order chi connectivity index (χ0) is 25.6. The van der Waals surface area contributed by atoms with Crippen molar-refractivity contribution in [3.63, 3.8) is 0 Å². The smallest absolute Gasteiger partial charge is 0.433 e. The fourth-order valence-electron chi connectivity index (χ4n) is 3.15. The molecule has 0 heterocycles. The van der Waals surface area contributed by atoms with E-state index in [1.165, 1.54) is 18.3 Å². The van der Waals surface area contributed by atoms with Crippen molar-refractivity contribution < 1.29 is 23.3 Å². The number of hydrogen-bond acceptors (Lipinski definition) is 5. The number of para-hydroxylation sites is 1. The fourth-order valence-corrected chi connectivity index (χ4v) is 4.27. The van der Waals surface area contributed by atoms with Crippen LogP contribution in [0.4, 0.5) is 4.79 Å². The Morgan fingerprint density at radius 2 is 1.65 bits per heavy atom. The number of amides is 2. The second kappa shape index (κ2) is 10.9. The minimum Gasteiger partial charge on any atom is -0.457 e. The summed E-state index contributed by atoms with van der Waals surface area (Å²) in [5.74, 6) is 0.320. The zero-order valence-electron chi connectivity index (χ0n) is 20.5. The largest absolute Gasteiger partial charge is 0.457 e. The third-order valence-electron chi connectivity index (χ3n) is 4.51. The highest BCUT2D eigenvalue weighted by Crippen LogP contribution is 2.28. The third-order valence-corrected chi connectivity index (χ3v) is 5.88. The van der Waals surface area contributed by atoms with Gasteiger partial charge in [-0.25, -0.2) is 14.1 Å². The maximum absolute atomic E-state index is 13.3. The highest BCUT2D eigenvalue weighted by atomic mass is 32.2. The number of benzene rings is 2. The summed E-state index contributed by atoms with van der Waals surface area (Å²) in [6.45, 7) is 10.6. The van der Waals surface area contributed by atoms with E-state index in [1.807, 2.05) is 32.0 Å². The van der Waals surface area contributed by atoms with E-state index in [-0.39, 0.29) is 10.8 Å². The number of carbonyl (C=O) groups is 2. The van der Waals surface area contributed by atoms with Gasteiger partial charge in [0, 0.05) is 6.21 Å². The summed E-state index contributed by atoms with van der Waals surface area (Å²) in [4.78, 5) is 29.2. The van der Waals surface area contributed by atoms with Crippen molar-refractivity contribution in [2.24, 2.45) is 25.8 Å². The molecule has 0 saturated heterocycles. The Kier molecular flexibility index (Phi) is 8.74. The molecule has 2 N–H and O–H groups in total. The Morgan fingerprint density at radius 3 is 2.24 bits per heavy atom. The molecule has 0 aromatic heterocycles. The standard InChI is InChI=1S/C25H33N3O5S/c1-18(2)16-25(6,17-27-23(30)33-24(3,4)5)22(29)28-34(26,31)21-14-10-13-20(15-21)32-19-11-8-7-9-12-19/h7-15,17-18H,16H2,1-6H3,(H2,26,28,29,31)/b27-17+. The van der Waals surface area contributed by atoms with Gasteiger partial charge in [-0.15, -0.1) is 4.36 Å². The van der Waals surface area contributed by atoms with E-state index in [0.29, 0.717) is 17.9 Å². The van der Waals surface area contributed by atoms with E-state index in [1.54, 1.807) is 52.0 Å². The maximum atomic E-state index is 13.3. The quantitative estimate of drug-likeness (QED) is 0.497. The van der Waals surface area contributed by atoms with Crippen molar-refractivity contribution in [3.8, 4) is 11.5 Å². The minimum atomic E-state index is -3.59. The predicted octanol–water partition coefficient (Wildman–Crippen LogP) is 5.76. The second-order valence-corrected chi connectivity index (χ2v) is 11.4. The molecule has 2 atom stereocenters. The van der Waals surface area contributed by atoms with Gasteiger partial charge in [-0.1, -0.05) is 38.1 Å². The van der Waals surface area contributed by atoms with Gasteiger partial charge in [0.2, 0.25) is 0 Å². The van der Waals surface area contributed by atoms with Gasteiger partial charge >= 0.3 is 6.09 Å². The van der Waals surface area contributed by atoms with E-state index in [9.17, 15) is 13.8 Å². The van der Waals surface area contributed by atoms with Crippen LogP contribution in [0.2, 0.25) is 0 Å². The Bertz CT molecular complexity index is 1160. The molecule has 0 spiro atoms. The molecule has 2 rings (SSSR count). The van der Waals surface area contributed by atoms with Crippen molar-refractivity contribution in [1.29, 1.82) is 0 Å². The summed E-state index contributed by atoms with van der Waals surface area (Å²) in [5.41, 5.74) is -2.03. The van der Waals surface area contributed by atoms with E-state index in [2.05, 4.69) is 9.36 Å². The Labute approximate surface area is 201 Å². The van der Waals surface area contributed by atoms with Crippen LogP contribution >= 0.6 is 0 Å². The number of nitrogens with two attached hydrogens (primary N) is 1. The van der Waals surface area contributed by atoms with E-state index < -0.39 is 32.9 Å². The van der Waals surface area contributed by atoms with Gasteiger partial charge in [-0.2, -0.15) is 4.99 Å². The number of ether oxygens (including phenoxy) is 2. The normalized spacial score (nSPS) is 15.4. The molecule has 0 aliphatic rings. The van der Waals surface area contributed by atoms with Crippen molar-refractivity contribution in [2.75, 3.05) is 0 Å². The topological polar surface area (TPSA) is 120 Å². The molecule has 2 aromatic rings. The number of hydrogen-bond donors (Lipinski definition) is 1. The fraction of sp³-hybridized carbons (Fsp3) is 0.400. The van der Waals surface area contributed by atoms with Crippen LogP contribution in [0.15, 0.2) is 68.8 Å². The van der Waals surface area contributed by atoms with Crippen LogP contribution < -0.4 is 9.88 Å². The zero-order valence-corrected chi connectivity index (χ0v) is 21.3. The third kappa shape index (κ3) is 8.39. The molecule has 0 radical (unpaired) electrons.